The quantitative estimate of drug-likeness (QED) is 0.864. The maximum Gasteiger partial charge on any atom is 0.191 e. The normalized spacial score (nSPS) is 21.8. The molecule has 1 saturated heterocycles. The van der Waals surface area contributed by atoms with Gasteiger partial charge in [-0.05, 0) is 33.2 Å². The van der Waals surface area contributed by atoms with Crippen molar-refractivity contribution >= 4 is 5.82 Å². The van der Waals surface area contributed by atoms with Gasteiger partial charge < -0.3 is 9.32 Å². The molecule has 0 unspecified atom stereocenters. The van der Waals surface area contributed by atoms with E-state index in [9.17, 15) is 0 Å². The molecule has 1 aliphatic heterocycles. The Morgan fingerprint density at radius 3 is 2.70 bits per heavy atom. The second-order valence-corrected chi connectivity index (χ2v) is 6.74. The van der Waals surface area contributed by atoms with Gasteiger partial charge in [0.2, 0.25) is 0 Å². The highest BCUT2D eigenvalue weighted by Crippen LogP contribution is 2.38. The Morgan fingerprint density at radius 2 is 2.04 bits per heavy atom. The van der Waals surface area contributed by atoms with Crippen molar-refractivity contribution in [2.75, 3.05) is 25.5 Å². The van der Waals surface area contributed by atoms with E-state index < -0.39 is 0 Å². The molecule has 124 valence electrons. The van der Waals surface area contributed by atoms with E-state index in [4.69, 9.17) is 14.4 Å². The van der Waals surface area contributed by atoms with Crippen LogP contribution in [0.1, 0.15) is 42.9 Å². The molecule has 0 radical (unpaired) electrons. The molecule has 6 nitrogen and oxygen atoms in total. The van der Waals surface area contributed by atoms with Gasteiger partial charge in [0.25, 0.3) is 0 Å². The zero-order chi connectivity index (χ0) is 16.6. The molecule has 1 aliphatic rings. The summed E-state index contributed by atoms with van der Waals surface area (Å²) < 4.78 is 5.34. The summed E-state index contributed by atoms with van der Waals surface area (Å²) in [7, 11) is 4.02. The van der Waals surface area contributed by atoms with Gasteiger partial charge in [0.15, 0.2) is 11.7 Å². The van der Waals surface area contributed by atoms with E-state index in [1.807, 2.05) is 38.9 Å². The van der Waals surface area contributed by atoms with Gasteiger partial charge in [0.05, 0.1) is 11.2 Å². The monoisotopic (exact) mass is 315 g/mol. The summed E-state index contributed by atoms with van der Waals surface area (Å²) in [5.74, 6) is 2.57. The lowest BCUT2D eigenvalue weighted by molar-refractivity contribution is 0.136. The number of anilines is 1. The average molecular weight is 315 g/mol. The maximum atomic E-state index is 5.34. The number of rotatable bonds is 4. The highest BCUT2D eigenvalue weighted by atomic mass is 16.3. The van der Waals surface area contributed by atoms with Crippen molar-refractivity contribution in [2.24, 2.45) is 0 Å². The molecule has 0 spiro atoms. The number of oxazole rings is 1. The van der Waals surface area contributed by atoms with Crippen LogP contribution in [0.25, 0.3) is 0 Å². The number of nitrogens with zero attached hydrogens (tertiary/aromatic N) is 5. The lowest BCUT2D eigenvalue weighted by Gasteiger charge is -2.34. The summed E-state index contributed by atoms with van der Waals surface area (Å²) >= 11 is 0. The summed E-state index contributed by atoms with van der Waals surface area (Å²) in [6.45, 7) is 7.93. The molecule has 6 heteroatoms. The minimum atomic E-state index is -0.163. The lowest BCUT2D eigenvalue weighted by atomic mass is 9.97. The zero-order valence-electron chi connectivity index (χ0n) is 14.6. The summed E-state index contributed by atoms with van der Waals surface area (Å²) in [6, 6.07) is 2.02. The molecular weight excluding hydrogens is 290 g/mol. The molecule has 0 bridgehead atoms. The Kier molecular flexibility index (Phi) is 4.10. The Bertz CT molecular complexity index is 696. The minimum Gasteiger partial charge on any atom is -0.449 e. The van der Waals surface area contributed by atoms with E-state index in [-0.39, 0.29) is 5.54 Å². The van der Waals surface area contributed by atoms with Crippen molar-refractivity contribution in [3.63, 3.8) is 0 Å². The fraction of sp³-hybridized carbons (Fsp3) is 0.588. The molecule has 2 aromatic heterocycles. The van der Waals surface area contributed by atoms with Crippen LogP contribution < -0.4 is 4.90 Å². The van der Waals surface area contributed by atoms with Crippen molar-refractivity contribution in [3.8, 4) is 0 Å². The Morgan fingerprint density at radius 1 is 1.26 bits per heavy atom. The van der Waals surface area contributed by atoms with E-state index in [0.29, 0.717) is 5.89 Å². The first-order valence-electron chi connectivity index (χ1n) is 8.08. The summed E-state index contributed by atoms with van der Waals surface area (Å²) in [5, 5.41) is 0. The standard InChI is InChI=1S/C17H25N5O/c1-12-9-15(21(4)5)20-16(18-12)17(3)7-6-8-22(17)10-14-11-23-13(2)19-14/h9,11H,6-8,10H2,1-5H3/t17-/m1/s1. The summed E-state index contributed by atoms with van der Waals surface area (Å²) in [6.07, 6.45) is 3.94. The highest BCUT2D eigenvalue weighted by molar-refractivity contribution is 5.38. The zero-order valence-corrected chi connectivity index (χ0v) is 14.6. The molecule has 2 aromatic rings. The first kappa shape index (κ1) is 15.9. The van der Waals surface area contributed by atoms with Crippen LogP contribution in [0.2, 0.25) is 0 Å². The Balaban J connectivity index is 1.92. The topological polar surface area (TPSA) is 58.3 Å². The van der Waals surface area contributed by atoms with Gasteiger partial charge in [0.1, 0.15) is 12.1 Å². The Hall–Kier alpha value is -1.95. The molecule has 3 heterocycles. The van der Waals surface area contributed by atoms with Crippen LogP contribution in [0.4, 0.5) is 5.82 Å². The second-order valence-electron chi connectivity index (χ2n) is 6.74. The highest BCUT2D eigenvalue weighted by Gasteiger charge is 2.41. The molecule has 0 amide bonds. The molecule has 0 aliphatic carbocycles. The third kappa shape index (κ3) is 3.08. The third-order valence-electron chi connectivity index (χ3n) is 4.59. The molecule has 23 heavy (non-hydrogen) atoms. The molecule has 0 aromatic carbocycles. The fourth-order valence-electron chi connectivity index (χ4n) is 3.22. The van der Waals surface area contributed by atoms with Crippen molar-refractivity contribution < 1.29 is 4.42 Å². The largest absolute Gasteiger partial charge is 0.449 e. The number of hydrogen-bond donors (Lipinski definition) is 0. The number of likely N-dealkylation sites (tertiary alicyclic amines) is 1. The van der Waals surface area contributed by atoms with Crippen LogP contribution in [0.5, 0.6) is 0 Å². The van der Waals surface area contributed by atoms with Crippen molar-refractivity contribution in [3.05, 3.63) is 35.4 Å². The second kappa shape index (κ2) is 5.92. The van der Waals surface area contributed by atoms with Crippen LogP contribution in [0, 0.1) is 13.8 Å². The third-order valence-corrected chi connectivity index (χ3v) is 4.59. The van der Waals surface area contributed by atoms with Gasteiger partial charge in [-0.2, -0.15) is 0 Å². The first-order valence-corrected chi connectivity index (χ1v) is 8.08. The van der Waals surface area contributed by atoms with Crippen molar-refractivity contribution in [1.82, 2.24) is 19.9 Å². The van der Waals surface area contributed by atoms with Crippen molar-refractivity contribution in [2.45, 2.75) is 45.7 Å². The predicted octanol–water partition coefficient (Wildman–Crippen LogP) is 2.66. The maximum absolute atomic E-state index is 5.34. The molecule has 1 atom stereocenters. The molecule has 0 saturated carbocycles. The lowest BCUT2D eigenvalue weighted by Crippen LogP contribution is -2.40. The Labute approximate surface area is 137 Å². The van der Waals surface area contributed by atoms with Crippen LogP contribution in [0.15, 0.2) is 16.7 Å². The summed E-state index contributed by atoms with van der Waals surface area (Å²) in [5.41, 5.74) is 1.81. The van der Waals surface area contributed by atoms with E-state index >= 15 is 0 Å². The fourth-order valence-corrected chi connectivity index (χ4v) is 3.22. The number of aromatic nitrogens is 3. The average Bonchev–Trinajstić information content (AvgIpc) is 3.06. The predicted molar refractivity (Wildman–Crippen MR) is 89.3 cm³/mol. The van der Waals surface area contributed by atoms with E-state index in [1.54, 1.807) is 6.26 Å². The van der Waals surface area contributed by atoms with Crippen molar-refractivity contribution in [1.29, 1.82) is 0 Å². The van der Waals surface area contributed by atoms with E-state index in [0.717, 1.165) is 49.0 Å². The molecule has 1 fully saturated rings. The van der Waals surface area contributed by atoms with Gasteiger partial charge in [-0.3, -0.25) is 4.90 Å². The molecule has 3 rings (SSSR count). The van der Waals surface area contributed by atoms with Gasteiger partial charge >= 0.3 is 0 Å². The number of hydrogen-bond acceptors (Lipinski definition) is 6. The molecule has 0 N–H and O–H groups in total. The summed E-state index contributed by atoms with van der Waals surface area (Å²) in [4.78, 5) is 18.4. The number of aryl methyl sites for hydroxylation is 2. The van der Waals surface area contributed by atoms with Gasteiger partial charge in [-0.15, -0.1) is 0 Å². The minimum absolute atomic E-state index is 0.163. The van der Waals surface area contributed by atoms with Crippen LogP contribution in [-0.4, -0.2) is 40.5 Å². The van der Waals surface area contributed by atoms with Crippen LogP contribution >= 0.6 is 0 Å². The van der Waals surface area contributed by atoms with Gasteiger partial charge in [0, 0.05) is 39.3 Å². The van der Waals surface area contributed by atoms with Crippen LogP contribution in [0.3, 0.4) is 0 Å². The molecular formula is C17H25N5O. The van der Waals surface area contributed by atoms with Crippen LogP contribution in [-0.2, 0) is 12.1 Å². The first-order chi connectivity index (χ1) is 10.9. The smallest absolute Gasteiger partial charge is 0.191 e. The van der Waals surface area contributed by atoms with Gasteiger partial charge in [-0.1, -0.05) is 0 Å². The van der Waals surface area contributed by atoms with E-state index in [2.05, 4.69) is 16.8 Å². The van der Waals surface area contributed by atoms with E-state index in [1.165, 1.54) is 0 Å². The van der Waals surface area contributed by atoms with Gasteiger partial charge in [-0.25, -0.2) is 15.0 Å². The SMILES string of the molecule is Cc1cc(N(C)C)nc([C@@]2(C)CCCN2Cc2coc(C)n2)n1.